The second kappa shape index (κ2) is 3.97. The monoisotopic (exact) mass is 187 g/mol. The van der Waals surface area contributed by atoms with Gasteiger partial charge in [0.25, 0.3) is 0 Å². The Bertz CT molecular complexity index is 152. The zero-order chi connectivity index (χ0) is 7.61. The van der Waals surface area contributed by atoms with Crippen molar-refractivity contribution in [1.29, 1.82) is 0 Å². The molecule has 0 bridgehead atoms. The van der Waals surface area contributed by atoms with Gasteiger partial charge in [0.1, 0.15) is 0 Å². The molecule has 0 saturated carbocycles. The fourth-order valence-corrected chi connectivity index (χ4v) is 0.860. The molecule has 5 heteroatoms. The second-order valence-corrected chi connectivity index (χ2v) is 2.19. The summed E-state index contributed by atoms with van der Waals surface area (Å²) in [7, 11) is 0. The minimum Gasteiger partial charge on any atom is -0.312 e. The molecular weight excluding hydrogens is 179 g/mol. The lowest BCUT2D eigenvalue weighted by Crippen LogP contribution is -2.29. The maximum atomic E-state index is 11.8. The average molecular weight is 188 g/mol. The molecule has 0 aromatic carbocycles. The van der Waals surface area contributed by atoms with Gasteiger partial charge in [0, 0.05) is 12.1 Å². The largest absolute Gasteiger partial charge is 0.413 e. The van der Waals surface area contributed by atoms with Gasteiger partial charge in [0.15, 0.2) is 0 Å². The zero-order valence-corrected chi connectivity index (χ0v) is 6.56. The van der Waals surface area contributed by atoms with Crippen molar-refractivity contribution in [3.05, 3.63) is 11.6 Å². The Morgan fingerprint density at radius 3 is 2.27 bits per heavy atom. The van der Waals surface area contributed by atoms with E-state index in [-0.39, 0.29) is 19.0 Å². The third-order valence-corrected chi connectivity index (χ3v) is 1.39. The van der Waals surface area contributed by atoms with E-state index < -0.39 is 11.7 Å². The highest BCUT2D eigenvalue weighted by Crippen LogP contribution is 2.26. The Hall–Kier alpha value is -0.220. The van der Waals surface area contributed by atoms with Gasteiger partial charge in [0.05, 0.1) is 0 Å². The first-order chi connectivity index (χ1) is 4.61. The Morgan fingerprint density at radius 2 is 2.00 bits per heavy atom. The summed E-state index contributed by atoms with van der Waals surface area (Å²) in [6, 6.07) is 0. The summed E-state index contributed by atoms with van der Waals surface area (Å²) in [6.45, 7) is 0.614. The minimum absolute atomic E-state index is 0. The van der Waals surface area contributed by atoms with Crippen molar-refractivity contribution in [3.8, 4) is 0 Å². The van der Waals surface area contributed by atoms with E-state index in [9.17, 15) is 13.2 Å². The van der Waals surface area contributed by atoms with Gasteiger partial charge in [-0.25, -0.2) is 0 Å². The van der Waals surface area contributed by atoms with Crippen LogP contribution >= 0.6 is 12.4 Å². The number of rotatable bonds is 0. The maximum Gasteiger partial charge on any atom is 0.413 e. The van der Waals surface area contributed by atoms with Crippen LogP contribution in [-0.2, 0) is 0 Å². The number of nitrogens with one attached hydrogen (secondary N) is 1. The first-order valence-corrected chi connectivity index (χ1v) is 3.07. The minimum atomic E-state index is -4.13. The molecule has 0 aliphatic carbocycles. The van der Waals surface area contributed by atoms with Gasteiger partial charge in [-0.2, -0.15) is 13.2 Å². The van der Waals surface area contributed by atoms with Crippen LogP contribution in [0.25, 0.3) is 0 Å². The predicted octanol–water partition coefficient (Wildman–Crippen LogP) is 1.89. The van der Waals surface area contributed by atoms with Crippen LogP contribution in [0.2, 0.25) is 0 Å². The first kappa shape index (κ1) is 10.8. The molecule has 1 heterocycles. The van der Waals surface area contributed by atoms with Crippen LogP contribution in [0.3, 0.4) is 0 Å². The Morgan fingerprint density at radius 1 is 1.36 bits per heavy atom. The van der Waals surface area contributed by atoms with E-state index in [1.54, 1.807) is 0 Å². The molecular formula is C6H9ClF3N. The lowest BCUT2D eigenvalue weighted by molar-refractivity contribution is -0.0937. The third kappa shape index (κ3) is 3.12. The standard InChI is InChI=1S/C6H8F3N.ClH/c7-6(8,9)5-2-1-3-10-4-5;/h2,10H,1,3-4H2;1H. The van der Waals surface area contributed by atoms with Crippen LogP contribution in [0.4, 0.5) is 13.2 Å². The zero-order valence-electron chi connectivity index (χ0n) is 5.74. The van der Waals surface area contributed by atoms with Crippen molar-refractivity contribution in [3.63, 3.8) is 0 Å². The fourth-order valence-electron chi connectivity index (χ4n) is 0.860. The first-order valence-electron chi connectivity index (χ1n) is 3.07. The van der Waals surface area contributed by atoms with Gasteiger partial charge in [-0.05, 0) is 13.0 Å². The van der Waals surface area contributed by atoms with Crippen molar-refractivity contribution in [2.75, 3.05) is 13.1 Å². The molecule has 0 spiro atoms. The maximum absolute atomic E-state index is 11.8. The summed E-state index contributed by atoms with van der Waals surface area (Å²) in [5.74, 6) is 0. The average Bonchev–Trinajstić information content (AvgIpc) is 1.88. The molecule has 0 amide bonds. The quantitative estimate of drug-likeness (QED) is 0.571. The number of halogens is 4. The van der Waals surface area contributed by atoms with Gasteiger partial charge >= 0.3 is 6.18 Å². The van der Waals surface area contributed by atoms with Crippen LogP contribution in [0.15, 0.2) is 11.6 Å². The topological polar surface area (TPSA) is 12.0 Å². The van der Waals surface area contributed by atoms with Gasteiger partial charge in [0.2, 0.25) is 0 Å². The molecule has 1 nitrogen and oxygen atoms in total. The van der Waals surface area contributed by atoms with Crippen LogP contribution in [0.1, 0.15) is 6.42 Å². The molecule has 1 aliphatic rings. The van der Waals surface area contributed by atoms with Crippen molar-refractivity contribution < 1.29 is 13.2 Å². The predicted molar refractivity (Wildman–Crippen MR) is 38.9 cm³/mol. The molecule has 0 aromatic rings. The molecule has 0 fully saturated rings. The van der Waals surface area contributed by atoms with E-state index >= 15 is 0 Å². The highest BCUT2D eigenvalue weighted by molar-refractivity contribution is 5.85. The van der Waals surface area contributed by atoms with E-state index in [0.717, 1.165) is 0 Å². The van der Waals surface area contributed by atoms with Gasteiger partial charge in [-0.1, -0.05) is 6.08 Å². The Labute approximate surface area is 69.1 Å². The lowest BCUT2D eigenvalue weighted by Gasteiger charge is -2.16. The molecule has 0 unspecified atom stereocenters. The Kier molecular flexibility index (Phi) is 3.89. The Balaban J connectivity index is 0.000001000. The molecule has 66 valence electrons. The summed E-state index contributed by atoms with van der Waals surface area (Å²) < 4.78 is 35.5. The highest BCUT2D eigenvalue weighted by Gasteiger charge is 2.33. The van der Waals surface area contributed by atoms with Crippen molar-refractivity contribution >= 4 is 12.4 Å². The molecule has 0 radical (unpaired) electrons. The van der Waals surface area contributed by atoms with Gasteiger partial charge in [-0.3, -0.25) is 0 Å². The SMILES string of the molecule is Cl.FC(F)(F)C1=CCCNC1. The van der Waals surface area contributed by atoms with Crippen molar-refractivity contribution in [2.24, 2.45) is 0 Å². The van der Waals surface area contributed by atoms with Crippen LogP contribution < -0.4 is 5.32 Å². The van der Waals surface area contributed by atoms with Crippen molar-refractivity contribution in [1.82, 2.24) is 5.32 Å². The smallest absolute Gasteiger partial charge is 0.312 e. The summed E-state index contributed by atoms with van der Waals surface area (Å²) in [6.07, 6.45) is -2.40. The molecule has 0 saturated heterocycles. The van der Waals surface area contributed by atoms with E-state index in [2.05, 4.69) is 5.32 Å². The summed E-state index contributed by atoms with van der Waals surface area (Å²) >= 11 is 0. The lowest BCUT2D eigenvalue weighted by atomic mass is 10.1. The highest BCUT2D eigenvalue weighted by atomic mass is 35.5. The van der Waals surface area contributed by atoms with Crippen LogP contribution in [-0.4, -0.2) is 19.3 Å². The number of hydrogen-bond donors (Lipinski definition) is 1. The molecule has 1 N–H and O–H groups in total. The number of hydrogen-bond acceptors (Lipinski definition) is 1. The second-order valence-electron chi connectivity index (χ2n) is 2.19. The molecule has 1 aliphatic heterocycles. The normalized spacial score (nSPS) is 18.6. The van der Waals surface area contributed by atoms with E-state index in [1.807, 2.05) is 0 Å². The van der Waals surface area contributed by atoms with Crippen molar-refractivity contribution in [2.45, 2.75) is 12.6 Å². The van der Waals surface area contributed by atoms with Crippen LogP contribution in [0.5, 0.6) is 0 Å². The van der Waals surface area contributed by atoms with Crippen LogP contribution in [0, 0.1) is 0 Å². The molecule has 11 heavy (non-hydrogen) atoms. The summed E-state index contributed by atoms with van der Waals surface area (Å²) in [5.41, 5.74) is -0.446. The third-order valence-electron chi connectivity index (χ3n) is 1.39. The number of alkyl halides is 3. The van der Waals surface area contributed by atoms with E-state index in [4.69, 9.17) is 0 Å². The van der Waals surface area contributed by atoms with E-state index in [0.29, 0.717) is 13.0 Å². The molecule has 1 rings (SSSR count). The molecule has 0 aromatic heterocycles. The summed E-state index contributed by atoms with van der Waals surface area (Å²) in [4.78, 5) is 0. The van der Waals surface area contributed by atoms with Gasteiger partial charge in [-0.15, -0.1) is 12.4 Å². The van der Waals surface area contributed by atoms with Gasteiger partial charge < -0.3 is 5.32 Å². The molecule has 0 atom stereocenters. The summed E-state index contributed by atoms with van der Waals surface area (Å²) in [5, 5.41) is 2.65. The van der Waals surface area contributed by atoms with E-state index in [1.165, 1.54) is 6.08 Å². The fraction of sp³-hybridized carbons (Fsp3) is 0.667.